The minimum Gasteiger partial charge on any atom is -0.345 e. The van der Waals surface area contributed by atoms with Gasteiger partial charge in [-0.3, -0.25) is 0 Å². The van der Waals surface area contributed by atoms with E-state index in [1.807, 2.05) is 0 Å². The predicted octanol–water partition coefficient (Wildman–Crippen LogP) is 1.74. The van der Waals surface area contributed by atoms with Gasteiger partial charge in [0.2, 0.25) is 10.0 Å². The minimum absolute atomic E-state index is 0.348. The zero-order valence-corrected chi connectivity index (χ0v) is 10.8. The maximum absolute atomic E-state index is 12.4. The number of nitrogens with one attached hydrogen (secondary N) is 1. The van der Waals surface area contributed by atoms with Crippen molar-refractivity contribution in [2.45, 2.75) is 24.2 Å². The van der Waals surface area contributed by atoms with Crippen molar-refractivity contribution in [3.8, 4) is 0 Å². The van der Waals surface area contributed by atoms with Gasteiger partial charge in [-0.05, 0) is 31.0 Å². The summed E-state index contributed by atoms with van der Waals surface area (Å²) in [5.41, 5.74) is 1.54. The molecule has 18 heavy (non-hydrogen) atoms. The van der Waals surface area contributed by atoms with E-state index in [1.54, 1.807) is 28.8 Å². The molecule has 0 saturated carbocycles. The van der Waals surface area contributed by atoms with Crippen molar-refractivity contribution in [3.05, 3.63) is 24.5 Å². The molecule has 0 atom stereocenters. The number of hydrogen-bond acceptors (Lipinski definition) is 3. The standard InChI is InChI=1S/C12H15N3O2S/c16-18(17,15-6-2-1-3-7-15)10-4-5-11-12(8-10)14-9-13-11/h4-5,8-9H,1-3,6-7H2,(H,13,14). The molecular weight excluding hydrogens is 250 g/mol. The van der Waals surface area contributed by atoms with Crippen LogP contribution in [0.5, 0.6) is 0 Å². The molecule has 6 heteroatoms. The summed E-state index contributed by atoms with van der Waals surface area (Å²) in [5, 5.41) is 0. The van der Waals surface area contributed by atoms with Crippen LogP contribution >= 0.6 is 0 Å². The van der Waals surface area contributed by atoms with Gasteiger partial charge in [-0.1, -0.05) is 6.42 Å². The molecule has 1 saturated heterocycles. The van der Waals surface area contributed by atoms with E-state index in [4.69, 9.17) is 0 Å². The zero-order chi connectivity index (χ0) is 12.6. The third kappa shape index (κ3) is 1.91. The number of hydrogen-bond donors (Lipinski definition) is 1. The van der Waals surface area contributed by atoms with Gasteiger partial charge in [0.05, 0.1) is 22.3 Å². The lowest BCUT2D eigenvalue weighted by atomic mass is 10.2. The van der Waals surface area contributed by atoms with E-state index in [1.165, 1.54) is 0 Å². The van der Waals surface area contributed by atoms with Crippen molar-refractivity contribution in [1.29, 1.82) is 0 Å². The lowest BCUT2D eigenvalue weighted by Crippen LogP contribution is -2.35. The van der Waals surface area contributed by atoms with Gasteiger partial charge < -0.3 is 4.98 Å². The second-order valence-electron chi connectivity index (χ2n) is 4.55. The van der Waals surface area contributed by atoms with Gasteiger partial charge >= 0.3 is 0 Å². The summed E-state index contributed by atoms with van der Waals surface area (Å²) in [4.78, 5) is 7.38. The molecule has 1 aliphatic heterocycles. The van der Waals surface area contributed by atoms with Gasteiger partial charge in [0, 0.05) is 13.1 Å². The predicted molar refractivity (Wildman–Crippen MR) is 68.7 cm³/mol. The third-order valence-corrected chi connectivity index (χ3v) is 5.24. The molecule has 2 heterocycles. The molecule has 1 aromatic carbocycles. The molecule has 0 unspecified atom stereocenters. The summed E-state index contributed by atoms with van der Waals surface area (Å²) in [6, 6.07) is 5.03. The van der Waals surface area contributed by atoms with E-state index >= 15 is 0 Å². The summed E-state index contributed by atoms with van der Waals surface area (Å²) in [6.07, 6.45) is 4.59. The van der Waals surface area contributed by atoms with Crippen molar-refractivity contribution in [2.24, 2.45) is 0 Å². The molecule has 1 fully saturated rings. The second kappa shape index (κ2) is 4.37. The molecule has 3 rings (SSSR count). The van der Waals surface area contributed by atoms with Crippen molar-refractivity contribution in [3.63, 3.8) is 0 Å². The molecule has 1 aromatic heterocycles. The average Bonchev–Trinajstić information content (AvgIpc) is 2.87. The summed E-state index contributed by atoms with van der Waals surface area (Å²) in [5.74, 6) is 0. The number of rotatable bonds is 2. The highest BCUT2D eigenvalue weighted by atomic mass is 32.2. The fourth-order valence-corrected chi connectivity index (χ4v) is 3.87. The summed E-state index contributed by atoms with van der Waals surface area (Å²) in [6.45, 7) is 1.26. The van der Waals surface area contributed by atoms with Crippen LogP contribution in [0, 0.1) is 0 Å². The van der Waals surface area contributed by atoms with Gasteiger partial charge in [0.1, 0.15) is 0 Å². The Morgan fingerprint density at radius 2 is 1.94 bits per heavy atom. The van der Waals surface area contributed by atoms with Crippen molar-refractivity contribution >= 4 is 21.1 Å². The lowest BCUT2D eigenvalue weighted by molar-refractivity contribution is 0.346. The summed E-state index contributed by atoms with van der Waals surface area (Å²) < 4.78 is 26.5. The first-order valence-corrected chi connectivity index (χ1v) is 7.55. The van der Waals surface area contributed by atoms with Gasteiger partial charge in [-0.25, -0.2) is 13.4 Å². The first kappa shape index (κ1) is 11.7. The monoisotopic (exact) mass is 265 g/mol. The Morgan fingerprint density at radius 3 is 2.72 bits per heavy atom. The number of sulfonamides is 1. The van der Waals surface area contributed by atoms with Gasteiger partial charge in [-0.15, -0.1) is 0 Å². The molecule has 1 aliphatic rings. The second-order valence-corrected chi connectivity index (χ2v) is 6.48. The zero-order valence-electron chi connectivity index (χ0n) is 9.96. The Balaban J connectivity index is 2.01. The van der Waals surface area contributed by atoms with Gasteiger partial charge in [-0.2, -0.15) is 4.31 Å². The molecule has 1 N–H and O–H groups in total. The molecule has 96 valence electrons. The van der Waals surface area contributed by atoms with E-state index in [9.17, 15) is 8.42 Å². The fourth-order valence-electron chi connectivity index (χ4n) is 2.33. The maximum atomic E-state index is 12.4. The quantitative estimate of drug-likeness (QED) is 0.899. The molecular formula is C12H15N3O2S. The normalized spacial score (nSPS) is 18.2. The Labute approximate surface area is 106 Å². The van der Waals surface area contributed by atoms with Gasteiger partial charge in [0.25, 0.3) is 0 Å². The number of piperidine rings is 1. The smallest absolute Gasteiger partial charge is 0.243 e. The highest BCUT2D eigenvalue weighted by molar-refractivity contribution is 7.89. The molecule has 5 nitrogen and oxygen atoms in total. The first-order chi connectivity index (χ1) is 8.68. The molecule has 0 amide bonds. The summed E-state index contributed by atoms with van der Waals surface area (Å²) in [7, 11) is -3.35. The fraction of sp³-hybridized carbons (Fsp3) is 0.417. The number of imidazole rings is 1. The molecule has 0 radical (unpaired) electrons. The highest BCUT2D eigenvalue weighted by Crippen LogP contribution is 2.22. The Hall–Kier alpha value is -1.40. The van der Waals surface area contributed by atoms with E-state index in [-0.39, 0.29) is 0 Å². The van der Waals surface area contributed by atoms with Crippen LogP contribution in [0.4, 0.5) is 0 Å². The number of aromatic nitrogens is 2. The van der Waals surface area contributed by atoms with Crippen LogP contribution in [0.25, 0.3) is 11.0 Å². The Bertz CT molecular complexity index is 657. The topological polar surface area (TPSA) is 66.1 Å². The Kier molecular flexibility index (Phi) is 2.83. The molecule has 0 bridgehead atoms. The van der Waals surface area contributed by atoms with Crippen LogP contribution in [0.15, 0.2) is 29.4 Å². The van der Waals surface area contributed by atoms with E-state index in [0.29, 0.717) is 18.0 Å². The van der Waals surface area contributed by atoms with Crippen LogP contribution in [-0.2, 0) is 10.0 Å². The van der Waals surface area contributed by atoms with E-state index in [0.717, 1.165) is 30.3 Å². The molecule has 0 aliphatic carbocycles. The third-order valence-electron chi connectivity index (χ3n) is 3.34. The minimum atomic E-state index is -3.35. The lowest BCUT2D eigenvalue weighted by Gasteiger charge is -2.25. The first-order valence-electron chi connectivity index (χ1n) is 6.11. The van der Waals surface area contributed by atoms with E-state index < -0.39 is 10.0 Å². The largest absolute Gasteiger partial charge is 0.345 e. The van der Waals surface area contributed by atoms with Crippen molar-refractivity contribution < 1.29 is 8.42 Å². The Morgan fingerprint density at radius 1 is 1.17 bits per heavy atom. The molecule has 2 aromatic rings. The number of benzene rings is 1. The average molecular weight is 265 g/mol. The number of fused-ring (bicyclic) bond motifs is 1. The van der Waals surface area contributed by atoms with Crippen LogP contribution in [-0.4, -0.2) is 35.8 Å². The van der Waals surface area contributed by atoms with Crippen LogP contribution in [0.3, 0.4) is 0 Å². The van der Waals surface area contributed by atoms with Crippen LogP contribution in [0.2, 0.25) is 0 Å². The number of H-pyrrole nitrogens is 1. The maximum Gasteiger partial charge on any atom is 0.243 e. The summed E-state index contributed by atoms with van der Waals surface area (Å²) >= 11 is 0. The SMILES string of the molecule is O=S(=O)(c1ccc2nc[nH]c2c1)N1CCCCC1. The van der Waals surface area contributed by atoms with Crippen LogP contribution < -0.4 is 0 Å². The van der Waals surface area contributed by atoms with Gasteiger partial charge in [0.15, 0.2) is 0 Å². The number of aromatic amines is 1. The highest BCUT2D eigenvalue weighted by Gasteiger charge is 2.26. The van der Waals surface area contributed by atoms with Crippen molar-refractivity contribution in [2.75, 3.05) is 13.1 Å². The molecule has 0 spiro atoms. The van der Waals surface area contributed by atoms with E-state index in [2.05, 4.69) is 9.97 Å². The number of nitrogens with zero attached hydrogens (tertiary/aromatic N) is 2. The van der Waals surface area contributed by atoms with Crippen molar-refractivity contribution in [1.82, 2.24) is 14.3 Å². The van der Waals surface area contributed by atoms with Crippen LogP contribution in [0.1, 0.15) is 19.3 Å².